The summed E-state index contributed by atoms with van der Waals surface area (Å²) in [6.07, 6.45) is 0. The highest BCUT2D eigenvalue weighted by molar-refractivity contribution is 7.76. The maximum Gasteiger partial charge on any atom is -0.00934 e. The van der Waals surface area contributed by atoms with Crippen LogP contribution in [0.3, 0.4) is 0 Å². The van der Waals surface area contributed by atoms with Crippen molar-refractivity contribution in [2.24, 2.45) is 0 Å². The van der Waals surface area contributed by atoms with Crippen molar-refractivity contribution in [1.29, 1.82) is 0 Å². The fourth-order valence-electron chi connectivity index (χ4n) is 1.06. The maximum absolute atomic E-state index is 2.00. The van der Waals surface area contributed by atoms with Crippen molar-refractivity contribution in [2.75, 3.05) is 0 Å². The summed E-state index contributed by atoms with van der Waals surface area (Å²) in [6, 6.07) is 0. The summed E-state index contributed by atoms with van der Waals surface area (Å²) < 4.78 is 0. The van der Waals surface area contributed by atoms with Crippen LogP contribution in [0.1, 0.15) is 13.8 Å². The third kappa shape index (κ3) is 5.44. The van der Waals surface area contributed by atoms with Gasteiger partial charge in [0.1, 0.15) is 0 Å². The summed E-state index contributed by atoms with van der Waals surface area (Å²) in [5.41, 5.74) is 0. The molecule has 1 fully saturated rings. The first-order chi connectivity index (χ1) is 4.00. The van der Waals surface area contributed by atoms with Crippen molar-refractivity contribution in [1.82, 2.24) is 0 Å². The van der Waals surface area contributed by atoms with Crippen molar-refractivity contribution in [3.05, 3.63) is 0 Å². The van der Waals surface area contributed by atoms with Crippen LogP contribution >= 0.6 is 0 Å². The van der Waals surface area contributed by atoms with E-state index in [1.54, 1.807) is 0 Å². The maximum atomic E-state index is 2.00. The van der Waals surface area contributed by atoms with Crippen LogP contribution in [-0.4, -0.2) is 51.3 Å². The lowest BCUT2D eigenvalue weighted by molar-refractivity contribution is 1.50. The first-order valence-corrected chi connectivity index (χ1v) is 28.0. The van der Waals surface area contributed by atoms with E-state index < -0.39 is 0 Å². The first kappa shape index (κ1) is 9.30. The van der Waals surface area contributed by atoms with Gasteiger partial charge in [0.2, 0.25) is 0 Å². The standard InChI is InChI=1S/C2H6.H12Si6/c1-2;1-2-4-6-5-3-1/h1-2H3;1-6H2. The van der Waals surface area contributed by atoms with Crippen molar-refractivity contribution in [3.8, 4) is 0 Å². The number of hydrogen-bond donors (Lipinski definition) is 0. The average molecular weight is 211 g/mol. The van der Waals surface area contributed by atoms with E-state index in [9.17, 15) is 0 Å². The van der Waals surface area contributed by atoms with Crippen LogP contribution in [0.15, 0.2) is 0 Å². The van der Waals surface area contributed by atoms with E-state index in [-0.39, 0.29) is 0 Å². The lowest BCUT2D eigenvalue weighted by Gasteiger charge is -2.01. The van der Waals surface area contributed by atoms with Gasteiger partial charge in [-0.25, -0.2) is 0 Å². The van der Waals surface area contributed by atoms with Crippen LogP contribution in [0.4, 0.5) is 0 Å². The molecule has 0 N–H and O–H groups in total. The quantitative estimate of drug-likeness (QED) is 0.354. The lowest BCUT2D eigenvalue weighted by atomic mass is 11.0. The first-order valence-electron chi connectivity index (χ1n) is 4.00. The highest BCUT2D eigenvalue weighted by atomic mass is 30.1. The molecule has 0 atom stereocenters. The predicted octanol–water partition coefficient (Wildman–Crippen LogP) is -4.47. The molecule has 0 aromatic carbocycles. The van der Waals surface area contributed by atoms with Gasteiger partial charge >= 0.3 is 0 Å². The van der Waals surface area contributed by atoms with Crippen molar-refractivity contribution >= 4 is 51.3 Å². The monoisotopic (exact) mass is 210 g/mol. The molecular weight excluding hydrogens is 193 g/mol. The van der Waals surface area contributed by atoms with Gasteiger partial charge in [0.15, 0.2) is 0 Å². The van der Waals surface area contributed by atoms with Gasteiger partial charge in [0.05, 0.1) is 0 Å². The molecule has 0 spiro atoms. The Balaban J connectivity index is 0.000000222. The molecule has 6 heteroatoms. The molecule has 1 rings (SSSR count). The van der Waals surface area contributed by atoms with Crippen LogP contribution in [-0.2, 0) is 0 Å². The van der Waals surface area contributed by atoms with E-state index in [0.717, 1.165) is 51.3 Å². The van der Waals surface area contributed by atoms with Crippen LogP contribution in [0, 0.1) is 0 Å². The second kappa shape index (κ2) is 8.30. The zero-order valence-electron chi connectivity index (χ0n) is 6.24. The molecule has 0 aromatic rings. The minimum atomic E-state index is 0.944. The molecule has 8 heavy (non-hydrogen) atoms. The Morgan fingerprint density at radius 1 is 0.500 bits per heavy atom. The molecule has 50 valence electrons. The zero-order valence-corrected chi connectivity index (χ0v) is 14.7. The van der Waals surface area contributed by atoms with Crippen LogP contribution in [0.2, 0.25) is 0 Å². The van der Waals surface area contributed by atoms with Gasteiger partial charge in [-0.3, -0.25) is 0 Å². The molecule has 1 saturated heterocycles. The van der Waals surface area contributed by atoms with Gasteiger partial charge in [-0.05, 0) is 51.3 Å². The van der Waals surface area contributed by atoms with Gasteiger partial charge in [-0.2, -0.15) is 0 Å². The summed E-state index contributed by atoms with van der Waals surface area (Å²) in [7, 11) is 5.67. The summed E-state index contributed by atoms with van der Waals surface area (Å²) in [6.45, 7) is 4.00. The van der Waals surface area contributed by atoms with Crippen LogP contribution < -0.4 is 0 Å². The molecule has 0 saturated carbocycles. The van der Waals surface area contributed by atoms with Crippen molar-refractivity contribution in [2.45, 2.75) is 13.8 Å². The molecule has 0 amide bonds. The molecule has 0 nitrogen and oxygen atoms in total. The van der Waals surface area contributed by atoms with Crippen LogP contribution in [0.5, 0.6) is 0 Å². The summed E-state index contributed by atoms with van der Waals surface area (Å²) in [5, 5.41) is 0. The van der Waals surface area contributed by atoms with Crippen molar-refractivity contribution < 1.29 is 0 Å². The lowest BCUT2D eigenvalue weighted by Crippen LogP contribution is -2.38. The van der Waals surface area contributed by atoms with E-state index in [0.29, 0.717) is 0 Å². The summed E-state index contributed by atoms with van der Waals surface area (Å²) in [4.78, 5) is 0. The molecule has 1 aliphatic heterocycles. The Kier molecular flexibility index (Phi) is 9.65. The predicted molar refractivity (Wildman–Crippen MR) is 62.6 cm³/mol. The molecule has 0 radical (unpaired) electrons. The smallest absolute Gasteiger partial charge is 0.00934 e. The van der Waals surface area contributed by atoms with E-state index >= 15 is 0 Å². The Hall–Kier alpha value is 1.30. The fourth-order valence-corrected chi connectivity index (χ4v) is 258. The Labute approximate surface area is 65.3 Å². The third-order valence-corrected chi connectivity index (χ3v) is 121. The minimum absolute atomic E-state index is 0.944. The molecule has 0 aromatic heterocycles. The van der Waals surface area contributed by atoms with E-state index in [1.807, 2.05) is 13.8 Å². The SMILES string of the molecule is CC.[SiH2]1[SiH2][SiH2][SiH2][SiH2][SiH2]1. The molecular formula is C2H18Si6. The van der Waals surface area contributed by atoms with E-state index in [1.165, 1.54) is 0 Å². The van der Waals surface area contributed by atoms with Crippen LogP contribution in [0.25, 0.3) is 0 Å². The van der Waals surface area contributed by atoms with Gasteiger partial charge in [-0.15, -0.1) is 0 Å². The number of hydrogen-bond acceptors (Lipinski definition) is 0. The highest BCUT2D eigenvalue weighted by Gasteiger charge is 1.99. The summed E-state index contributed by atoms with van der Waals surface area (Å²) >= 11 is 0. The molecule has 0 aliphatic carbocycles. The summed E-state index contributed by atoms with van der Waals surface area (Å²) in [5.74, 6) is 0. The largest absolute Gasteiger partial charge is 0.0683 e. The Morgan fingerprint density at radius 2 is 0.625 bits per heavy atom. The fraction of sp³-hybridized carbons (Fsp3) is 1.00. The topological polar surface area (TPSA) is 0 Å². The van der Waals surface area contributed by atoms with E-state index in [4.69, 9.17) is 0 Å². The van der Waals surface area contributed by atoms with Gasteiger partial charge < -0.3 is 0 Å². The Morgan fingerprint density at radius 3 is 0.750 bits per heavy atom. The van der Waals surface area contributed by atoms with Gasteiger partial charge in [0.25, 0.3) is 0 Å². The Bertz CT molecular complexity index is 22.0. The normalized spacial score (nSPS) is 36.8. The third-order valence-electron chi connectivity index (χ3n) is 1.50. The number of rotatable bonds is 0. The average Bonchev–Trinajstić information content (AvgIpc) is 1.96. The molecule has 0 unspecified atom stereocenters. The second-order valence-electron chi connectivity index (χ2n) is 2.12. The van der Waals surface area contributed by atoms with Gasteiger partial charge in [-0.1, -0.05) is 13.8 Å². The highest BCUT2D eigenvalue weighted by Crippen LogP contribution is 1.62. The molecule has 1 heterocycles. The van der Waals surface area contributed by atoms with Gasteiger partial charge in [0, 0.05) is 0 Å². The minimum Gasteiger partial charge on any atom is -0.0683 e. The second-order valence-corrected chi connectivity index (χ2v) is 57.3. The molecule has 1 aliphatic rings. The zero-order chi connectivity index (χ0) is 6.24. The van der Waals surface area contributed by atoms with E-state index in [2.05, 4.69) is 0 Å². The molecule has 0 bridgehead atoms. The van der Waals surface area contributed by atoms with Crippen molar-refractivity contribution in [3.63, 3.8) is 0 Å².